The van der Waals surface area contributed by atoms with Crippen LogP contribution in [0.15, 0.2) is 12.7 Å². The van der Waals surface area contributed by atoms with Gasteiger partial charge in [-0.25, -0.2) is 0 Å². The minimum absolute atomic E-state index is 0.0285. The Kier molecular flexibility index (Phi) is 4.96. The molecule has 1 aliphatic heterocycles. The molecule has 0 bridgehead atoms. The highest BCUT2D eigenvalue weighted by atomic mass is 16.2. The van der Waals surface area contributed by atoms with Crippen LogP contribution in [0, 0.1) is 5.92 Å². The van der Waals surface area contributed by atoms with Gasteiger partial charge in [-0.05, 0) is 38.8 Å². The molecule has 0 aromatic carbocycles. The molecule has 2 amide bonds. The van der Waals surface area contributed by atoms with Gasteiger partial charge < -0.3 is 10.6 Å². The number of hydrogen-bond donors (Lipinski definition) is 2. The van der Waals surface area contributed by atoms with Gasteiger partial charge in [0.25, 0.3) is 0 Å². The van der Waals surface area contributed by atoms with E-state index in [0.29, 0.717) is 19.1 Å². The van der Waals surface area contributed by atoms with Gasteiger partial charge in [-0.3, -0.25) is 14.5 Å². The molecule has 106 valence electrons. The number of rotatable bonds is 6. The normalized spacial score (nSPS) is 20.8. The van der Waals surface area contributed by atoms with Crippen LogP contribution in [0.1, 0.15) is 25.7 Å². The number of likely N-dealkylation sites (tertiary alicyclic amines) is 1. The molecule has 0 aromatic heterocycles. The van der Waals surface area contributed by atoms with Gasteiger partial charge in [0.1, 0.15) is 0 Å². The molecule has 0 spiro atoms. The third-order valence-electron chi connectivity index (χ3n) is 3.69. The van der Waals surface area contributed by atoms with Gasteiger partial charge in [-0.15, -0.1) is 6.58 Å². The molecular weight excluding hydrogens is 242 g/mol. The zero-order valence-corrected chi connectivity index (χ0v) is 11.4. The molecule has 1 saturated heterocycles. The van der Waals surface area contributed by atoms with Crippen LogP contribution < -0.4 is 10.6 Å². The summed E-state index contributed by atoms with van der Waals surface area (Å²) >= 11 is 0. The molecule has 19 heavy (non-hydrogen) atoms. The number of nitrogens with one attached hydrogen (secondary N) is 2. The van der Waals surface area contributed by atoms with Crippen molar-refractivity contribution < 1.29 is 9.59 Å². The summed E-state index contributed by atoms with van der Waals surface area (Å²) in [6.45, 7) is 6.15. The van der Waals surface area contributed by atoms with Gasteiger partial charge in [-0.2, -0.15) is 0 Å². The average Bonchev–Trinajstić information content (AvgIpc) is 3.21. The van der Waals surface area contributed by atoms with Gasteiger partial charge in [0.15, 0.2) is 0 Å². The van der Waals surface area contributed by atoms with Crippen LogP contribution in [0.4, 0.5) is 0 Å². The molecule has 2 aliphatic rings. The summed E-state index contributed by atoms with van der Waals surface area (Å²) in [5.74, 6) is 0.368. The van der Waals surface area contributed by atoms with Gasteiger partial charge in [-0.1, -0.05) is 6.08 Å². The van der Waals surface area contributed by atoms with Gasteiger partial charge in [0.05, 0.1) is 6.54 Å². The Bertz CT molecular complexity index is 345. The number of hydrogen-bond acceptors (Lipinski definition) is 3. The highest BCUT2D eigenvalue weighted by Crippen LogP contribution is 2.22. The van der Waals surface area contributed by atoms with E-state index in [0.717, 1.165) is 38.8 Å². The molecule has 0 atom stereocenters. The standard InChI is InChI=1S/C14H23N3O2/c1-2-7-15-13(18)10-17-8-5-11(6-9-17)14(19)16-12-3-4-12/h2,11-12H,1,3-10H2,(H,15,18)(H,16,19). The largest absolute Gasteiger partial charge is 0.353 e. The number of carbonyl (C=O) groups excluding carboxylic acids is 2. The Balaban J connectivity index is 1.65. The lowest BCUT2D eigenvalue weighted by Gasteiger charge is -2.30. The van der Waals surface area contributed by atoms with Crippen LogP contribution in [-0.2, 0) is 9.59 Å². The van der Waals surface area contributed by atoms with E-state index in [2.05, 4.69) is 22.1 Å². The fraction of sp³-hybridized carbons (Fsp3) is 0.714. The molecule has 0 unspecified atom stereocenters. The fourth-order valence-corrected chi connectivity index (χ4v) is 2.34. The van der Waals surface area contributed by atoms with Crippen molar-refractivity contribution >= 4 is 11.8 Å². The van der Waals surface area contributed by atoms with Crippen LogP contribution in [-0.4, -0.2) is 48.9 Å². The predicted octanol–water partition coefficient (Wildman–Crippen LogP) is 0.279. The van der Waals surface area contributed by atoms with E-state index in [1.54, 1.807) is 6.08 Å². The molecule has 1 saturated carbocycles. The summed E-state index contributed by atoms with van der Waals surface area (Å²) in [5, 5.41) is 5.83. The van der Waals surface area contributed by atoms with E-state index in [1.807, 2.05) is 0 Å². The fourth-order valence-electron chi connectivity index (χ4n) is 2.34. The molecule has 1 aliphatic carbocycles. The maximum atomic E-state index is 11.9. The monoisotopic (exact) mass is 265 g/mol. The first-order chi connectivity index (χ1) is 9.19. The molecule has 1 heterocycles. The second-order valence-corrected chi connectivity index (χ2v) is 5.43. The maximum Gasteiger partial charge on any atom is 0.234 e. The first-order valence-corrected chi connectivity index (χ1v) is 7.09. The summed E-state index contributed by atoms with van der Waals surface area (Å²) in [6, 6.07) is 0.440. The Morgan fingerprint density at radius 1 is 1.21 bits per heavy atom. The summed E-state index contributed by atoms with van der Waals surface area (Å²) in [7, 11) is 0. The van der Waals surface area contributed by atoms with Crippen LogP contribution in [0.25, 0.3) is 0 Å². The maximum absolute atomic E-state index is 11.9. The Morgan fingerprint density at radius 2 is 1.89 bits per heavy atom. The molecule has 2 N–H and O–H groups in total. The van der Waals surface area contributed by atoms with Gasteiger partial charge in [0, 0.05) is 18.5 Å². The Labute approximate surface area is 114 Å². The molecule has 2 fully saturated rings. The third-order valence-corrected chi connectivity index (χ3v) is 3.69. The van der Waals surface area contributed by atoms with Crippen molar-refractivity contribution in [3.63, 3.8) is 0 Å². The zero-order chi connectivity index (χ0) is 13.7. The summed E-state index contributed by atoms with van der Waals surface area (Å²) in [6.07, 6.45) is 5.65. The number of amides is 2. The first kappa shape index (κ1) is 14.1. The van der Waals surface area contributed by atoms with Crippen molar-refractivity contribution in [3.8, 4) is 0 Å². The molecule has 5 heteroatoms. The Morgan fingerprint density at radius 3 is 2.47 bits per heavy atom. The lowest BCUT2D eigenvalue weighted by atomic mass is 9.96. The molecule has 2 rings (SSSR count). The zero-order valence-electron chi connectivity index (χ0n) is 11.4. The lowest BCUT2D eigenvalue weighted by molar-refractivity contribution is -0.127. The highest BCUT2D eigenvalue weighted by molar-refractivity contribution is 5.80. The van der Waals surface area contributed by atoms with Crippen molar-refractivity contribution in [3.05, 3.63) is 12.7 Å². The highest BCUT2D eigenvalue weighted by Gasteiger charge is 2.30. The molecule has 0 aromatic rings. The van der Waals surface area contributed by atoms with Crippen LogP contribution >= 0.6 is 0 Å². The average molecular weight is 265 g/mol. The first-order valence-electron chi connectivity index (χ1n) is 7.09. The molecule has 0 radical (unpaired) electrons. The van der Waals surface area contributed by atoms with Crippen molar-refractivity contribution in [1.82, 2.24) is 15.5 Å². The van der Waals surface area contributed by atoms with E-state index in [4.69, 9.17) is 0 Å². The minimum Gasteiger partial charge on any atom is -0.353 e. The lowest BCUT2D eigenvalue weighted by Crippen LogP contribution is -2.44. The quantitative estimate of drug-likeness (QED) is 0.678. The van der Waals surface area contributed by atoms with E-state index in [1.165, 1.54) is 0 Å². The van der Waals surface area contributed by atoms with Gasteiger partial charge >= 0.3 is 0 Å². The van der Waals surface area contributed by atoms with E-state index < -0.39 is 0 Å². The summed E-state index contributed by atoms with van der Waals surface area (Å²) in [4.78, 5) is 25.6. The molecule has 5 nitrogen and oxygen atoms in total. The number of nitrogens with zero attached hydrogens (tertiary/aromatic N) is 1. The topological polar surface area (TPSA) is 61.4 Å². The van der Waals surface area contributed by atoms with Crippen molar-refractivity contribution in [2.24, 2.45) is 5.92 Å². The van der Waals surface area contributed by atoms with Gasteiger partial charge in [0.2, 0.25) is 11.8 Å². The second-order valence-electron chi connectivity index (χ2n) is 5.43. The minimum atomic E-state index is 0.0285. The number of carbonyl (C=O) groups is 2. The van der Waals surface area contributed by atoms with Crippen molar-refractivity contribution in [2.45, 2.75) is 31.7 Å². The van der Waals surface area contributed by atoms with E-state index in [-0.39, 0.29) is 17.7 Å². The van der Waals surface area contributed by atoms with Crippen LogP contribution in [0.3, 0.4) is 0 Å². The van der Waals surface area contributed by atoms with Crippen molar-refractivity contribution in [2.75, 3.05) is 26.2 Å². The van der Waals surface area contributed by atoms with Crippen molar-refractivity contribution in [1.29, 1.82) is 0 Å². The second kappa shape index (κ2) is 6.70. The van der Waals surface area contributed by atoms with E-state index in [9.17, 15) is 9.59 Å². The SMILES string of the molecule is C=CCNC(=O)CN1CCC(C(=O)NC2CC2)CC1. The summed E-state index contributed by atoms with van der Waals surface area (Å²) in [5.41, 5.74) is 0. The van der Waals surface area contributed by atoms with E-state index >= 15 is 0 Å². The summed E-state index contributed by atoms with van der Waals surface area (Å²) < 4.78 is 0. The predicted molar refractivity (Wildman–Crippen MR) is 73.5 cm³/mol. The number of piperidine rings is 1. The Hall–Kier alpha value is -1.36. The smallest absolute Gasteiger partial charge is 0.234 e. The van der Waals surface area contributed by atoms with Crippen LogP contribution in [0.2, 0.25) is 0 Å². The van der Waals surface area contributed by atoms with Crippen LogP contribution in [0.5, 0.6) is 0 Å². The molecular formula is C14H23N3O2. The third kappa shape index (κ3) is 4.67.